The summed E-state index contributed by atoms with van der Waals surface area (Å²) in [5.41, 5.74) is 14.3. The summed E-state index contributed by atoms with van der Waals surface area (Å²) in [5, 5.41) is 0. The van der Waals surface area contributed by atoms with Crippen LogP contribution in [0.3, 0.4) is 0 Å². The molecule has 0 aliphatic carbocycles. The van der Waals surface area contributed by atoms with Crippen LogP contribution in [0.5, 0.6) is 0 Å². The Kier molecular flexibility index (Phi) is 28.9. The standard InChI is InChI=1S/C62H83N19O31P6S6/c1-7-31-32(8-43(101-31)77-15-28(3)56(82)73-60(77)86)108-114(90,120)96-19-40-35(11-46(104-40)79-17-30(5)58(84)75-62(79)88)110-115(91,121)98-20-39-34(10-44(103-39)76-14-27(2)51(63)72-59(76)85)109-116(92,122)99-21-41-37(13-48(105-41)81-26-71-50-53(65)67-24-69-55(50)81)112-118(94,124)100-22-42-36(12-47(106-42)80-25-70-49-52(64)66-23-68-54(49)80)111-117(93,123)97-18-38-33(107-113(89,119)95-6)9-45(102-38)78-16-29(4)57(83)74-61(78)87/h14-17,23-26,31-48H,7-13,18-22H2,1-6H3,(H,89,119)(H,90,120)(H,91,121)(H,92,122)(H,93,123)(H,94,124)(H2,63,72,85)(H2,64,66,68)(H2,65,67,69)(H,73,82,86)(H,74,83,87)(H,75,84,88)/t31-,32?,33?,34?,35?,36?,37?,38-,39-,40-,41-,42-,43-,44-,45-,46-,47-,48-,113?,114?,115?,116?,117?,118?/m1/s1. The van der Waals surface area contributed by atoms with E-state index in [2.05, 4.69) is 123 Å². The van der Waals surface area contributed by atoms with Gasteiger partial charge in [-0.25, -0.2) is 76.5 Å². The van der Waals surface area contributed by atoms with Crippen LogP contribution in [-0.4, -0.2) is 191 Å². The summed E-state index contributed by atoms with van der Waals surface area (Å²) in [6, 6.07) is 0. The molecule has 0 aromatic carbocycles. The lowest BCUT2D eigenvalue weighted by Gasteiger charge is -2.27. The minimum Gasteiger partial charge on any atom is -0.383 e. The van der Waals surface area contributed by atoms with E-state index in [-0.39, 0.29) is 95.0 Å². The second-order valence-electron chi connectivity index (χ2n) is 29.0. The Morgan fingerprint density at radius 2 is 0.645 bits per heavy atom. The fourth-order valence-corrected chi connectivity index (χ4v) is 23.0. The molecule has 14 rings (SSSR count). The zero-order chi connectivity index (χ0) is 89.2. The normalized spacial score (nSPS) is 29.6. The monoisotopic (exact) mass is 1970 g/mol. The van der Waals surface area contributed by atoms with Gasteiger partial charge in [-0.3, -0.25) is 106 Å². The summed E-state index contributed by atoms with van der Waals surface area (Å²) in [6.45, 7) is -23.6. The molecule has 9 N–H and O–H groups in total. The Morgan fingerprint density at radius 1 is 0.379 bits per heavy atom. The van der Waals surface area contributed by atoms with Gasteiger partial charge in [0.25, 0.3) is 16.7 Å². The highest BCUT2D eigenvalue weighted by atomic mass is 32.7. The predicted octanol–water partition coefficient (Wildman–Crippen LogP) is 5.96. The third kappa shape index (κ3) is 21.9. The van der Waals surface area contributed by atoms with Crippen LogP contribution < -0.4 is 56.6 Å². The predicted molar refractivity (Wildman–Crippen MR) is 452 cm³/mol. The maximum atomic E-state index is 14.9. The fourth-order valence-electron chi connectivity index (χ4n) is 14.4. The third-order valence-electron chi connectivity index (χ3n) is 20.6. The number of aromatic nitrogens is 16. The van der Waals surface area contributed by atoms with Crippen LogP contribution in [0.1, 0.15) is 111 Å². The summed E-state index contributed by atoms with van der Waals surface area (Å²) in [6.07, 6.45) is -13.7. The van der Waals surface area contributed by atoms with Crippen molar-refractivity contribution in [1.82, 2.24) is 77.2 Å². The number of anilines is 3. The second-order valence-corrected chi connectivity index (χ2v) is 46.4. The van der Waals surface area contributed by atoms with Crippen LogP contribution in [-0.2, 0) is 110 Å². The topological polar surface area (TPSA) is 633 Å². The number of nitrogens with two attached hydrogens (primary N) is 3. The van der Waals surface area contributed by atoms with Gasteiger partial charge in [0.15, 0.2) is 22.9 Å². The van der Waals surface area contributed by atoms with E-state index in [1.54, 1.807) is 13.8 Å². The van der Waals surface area contributed by atoms with Gasteiger partial charge in [-0.2, -0.15) is 4.98 Å². The van der Waals surface area contributed by atoms with Gasteiger partial charge in [0, 0.05) is 92.7 Å². The lowest BCUT2D eigenvalue weighted by atomic mass is 10.1. The SMILES string of the molecule is CC[C@H]1O[C@@H](n2cc(C)c(=O)[nH]c2=O)CC1OP(=O)(S)OC[C@H]1O[C@@H](n2cc(C)c(=O)[nH]c2=O)CC1OP(=O)(S)OC[C@H]1O[C@@H](n2cc(C)c(N)nc2=O)CC1OP(=O)(S)OC[C@H]1O[C@@H](n2cnc3c(N)ncnc32)CC1OP(=O)(S)OC[C@H]1O[C@@H](n2cnc3c(N)ncnc32)CC1OP(=O)(S)OC[C@H]1O[C@@H](n2cc(C)c(=O)[nH]c2=O)CC1OP(=O)(S)OC. The summed E-state index contributed by atoms with van der Waals surface area (Å²) in [5.74, 6) is -0.107. The van der Waals surface area contributed by atoms with Crippen molar-refractivity contribution in [3.8, 4) is 0 Å². The minimum atomic E-state index is -4.82. The van der Waals surface area contributed by atoms with Crippen LogP contribution >= 0.6 is 114 Å². The maximum Gasteiger partial charge on any atom is 0.386 e. The van der Waals surface area contributed by atoms with Crippen molar-refractivity contribution in [3.63, 3.8) is 0 Å². The maximum absolute atomic E-state index is 14.9. The van der Waals surface area contributed by atoms with Crippen molar-refractivity contribution >= 4 is 154 Å². The summed E-state index contributed by atoms with van der Waals surface area (Å²) >= 11 is 25.6. The van der Waals surface area contributed by atoms with Gasteiger partial charge in [0.05, 0.1) is 57.9 Å². The number of nitrogen functional groups attached to an aromatic ring is 3. The average Bonchev–Trinajstić information content (AvgIpc) is 1.62. The van der Waals surface area contributed by atoms with E-state index < -0.39 is 224 Å². The number of nitrogens with one attached hydrogen (secondary N) is 3. The van der Waals surface area contributed by atoms with Crippen molar-refractivity contribution in [2.24, 2.45) is 0 Å². The summed E-state index contributed by atoms with van der Waals surface area (Å²) in [7, 11) is 1.07. The molecule has 12 unspecified atom stereocenters. The lowest BCUT2D eigenvalue weighted by molar-refractivity contribution is -0.0527. The van der Waals surface area contributed by atoms with Gasteiger partial charge in [0.1, 0.15) is 128 Å². The van der Waals surface area contributed by atoms with Crippen LogP contribution in [0.2, 0.25) is 0 Å². The van der Waals surface area contributed by atoms with E-state index >= 15 is 0 Å². The molecule has 678 valence electrons. The quantitative estimate of drug-likeness (QED) is 0.0161. The molecular weight excluding hydrogens is 1890 g/mol. The number of aryl methyl sites for hydroxylation is 4. The van der Waals surface area contributed by atoms with Crippen LogP contribution in [0, 0.1) is 27.7 Å². The minimum absolute atomic E-state index is 0.00553. The molecule has 6 saturated heterocycles. The van der Waals surface area contributed by atoms with E-state index in [9.17, 15) is 61.0 Å². The lowest BCUT2D eigenvalue weighted by Crippen LogP contribution is -2.33. The number of ether oxygens (including phenoxy) is 6. The number of hydrogen-bond acceptors (Lipinski definition) is 41. The number of H-pyrrole nitrogens is 3. The Morgan fingerprint density at radius 3 is 0.944 bits per heavy atom. The van der Waals surface area contributed by atoms with Gasteiger partial charge in [-0.1, -0.05) is 80.4 Å². The molecule has 8 aromatic heterocycles. The largest absolute Gasteiger partial charge is 0.386 e. The Labute approximate surface area is 729 Å². The average molecular weight is 1970 g/mol. The van der Waals surface area contributed by atoms with Gasteiger partial charge < -0.3 is 50.1 Å². The van der Waals surface area contributed by atoms with Crippen molar-refractivity contribution in [3.05, 3.63) is 145 Å². The summed E-state index contributed by atoms with van der Waals surface area (Å²) < 4.78 is 202. The second kappa shape index (κ2) is 37.9. The molecule has 0 spiro atoms. The number of rotatable bonds is 35. The van der Waals surface area contributed by atoms with Gasteiger partial charge in [-0.15, -0.1) is 0 Å². The van der Waals surface area contributed by atoms with Crippen molar-refractivity contribution in [1.29, 1.82) is 0 Å². The number of aromatic amines is 3. The molecular formula is C62H83N19O31P6S6. The molecule has 0 amide bonds. The van der Waals surface area contributed by atoms with Crippen LogP contribution in [0.15, 0.2) is 83.7 Å². The zero-order valence-corrected chi connectivity index (χ0v) is 76.3. The van der Waals surface area contributed by atoms with Gasteiger partial charge in [-0.05, 0) is 34.1 Å². The first-order valence-electron chi connectivity index (χ1n) is 37.4. The highest BCUT2D eigenvalue weighted by Crippen LogP contribution is 2.64. The van der Waals surface area contributed by atoms with Gasteiger partial charge in [0.2, 0.25) is 0 Å². The number of imidazole rings is 2. The molecule has 0 radical (unpaired) electrons. The molecule has 14 heterocycles. The highest BCUT2D eigenvalue weighted by molar-refractivity contribution is 8.46. The molecule has 62 heteroatoms. The van der Waals surface area contributed by atoms with E-state index in [4.69, 9.17) is 99.9 Å². The highest BCUT2D eigenvalue weighted by Gasteiger charge is 2.51. The zero-order valence-electron chi connectivity index (χ0n) is 65.6. The molecule has 6 aliphatic heterocycles. The van der Waals surface area contributed by atoms with Gasteiger partial charge >= 0.3 is 63.5 Å². The fraction of sp³-hybridized carbons (Fsp3) is 0.581. The molecule has 50 nitrogen and oxygen atoms in total. The molecule has 0 saturated carbocycles. The van der Waals surface area contributed by atoms with Crippen molar-refractivity contribution < 1.29 is 110 Å². The molecule has 0 bridgehead atoms. The third-order valence-corrected chi connectivity index (χ3v) is 30.6. The Bertz CT molecular complexity index is 6130. The molecule has 124 heavy (non-hydrogen) atoms. The smallest absolute Gasteiger partial charge is 0.383 e. The Balaban J connectivity index is 0.672. The van der Waals surface area contributed by atoms with E-state index in [0.717, 1.165) is 25.4 Å². The first-order chi connectivity index (χ1) is 58.4. The first-order valence-corrected chi connectivity index (χ1v) is 53.5. The number of nitrogens with zero attached hydrogens (tertiary/aromatic N) is 13. The molecule has 6 fully saturated rings. The van der Waals surface area contributed by atoms with Crippen molar-refractivity contribution in [2.45, 2.75) is 190 Å². The van der Waals surface area contributed by atoms with Crippen LogP contribution in [0.4, 0.5) is 17.5 Å². The van der Waals surface area contributed by atoms with E-state index in [1.165, 1.54) is 80.0 Å². The number of hydrogen-bond donors (Lipinski definition) is 12. The number of fused-ring (bicyclic) bond motifs is 2. The van der Waals surface area contributed by atoms with E-state index in [0.29, 0.717) is 12.0 Å². The summed E-state index contributed by atoms with van der Waals surface area (Å²) in [4.78, 5) is 125. The molecule has 8 aromatic rings. The molecule has 24 atom stereocenters. The van der Waals surface area contributed by atoms with E-state index in [1.807, 2.05) is 0 Å². The number of thiol groups is 6. The Hall–Kier alpha value is -5.82. The first kappa shape index (κ1) is 94.3. The van der Waals surface area contributed by atoms with Crippen molar-refractivity contribution in [2.75, 3.05) is 57.3 Å². The molecule has 6 aliphatic rings. The van der Waals surface area contributed by atoms with Crippen LogP contribution in [0.25, 0.3) is 22.3 Å².